The number of carbonyl (C=O) groups is 2. The van der Waals surface area contributed by atoms with Gasteiger partial charge in [-0.3, -0.25) is 14.5 Å². The quantitative estimate of drug-likeness (QED) is 0.797. The Morgan fingerprint density at radius 1 is 1.21 bits per heavy atom. The summed E-state index contributed by atoms with van der Waals surface area (Å²) in [6, 6.07) is 7.88. The van der Waals surface area contributed by atoms with Gasteiger partial charge in [0.15, 0.2) is 0 Å². The zero-order chi connectivity index (χ0) is 20.1. The van der Waals surface area contributed by atoms with E-state index < -0.39 is 0 Å². The average Bonchev–Trinajstić information content (AvgIpc) is 3.22. The normalized spacial score (nSPS) is 23.1. The first-order valence-electron chi connectivity index (χ1n) is 9.42. The Labute approximate surface area is 163 Å². The van der Waals surface area contributed by atoms with Crippen molar-refractivity contribution >= 4 is 17.5 Å². The van der Waals surface area contributed by atoms with Crippen LogP contribution in [0.3, 0.4) is 0 Å². The Bertz CT molecular complexity index is 941. The Kier molecular flexibility index (Phi) is 4.50. The molecular formula is C21H24FN3O3. The summed E-state index contributed by atoms with van der Waals surface area (Å²) >= 11 is 0. The van der Waals surface area contributed by atoms with Crippen LogP contribution in [0.4, 0.5) is 10.1 Å². The van der Waals surface area contributed by atoms with Crippen LogP contribution in [0.1, 0.15) is 28.3 Å². The number of halogens is 1. The highest BCUT2D eigenvalue weighted by Crippen LogP contribution is 2.34. The lowest BCUT2D eigenvalue weighted by Crippen LogP contribution is -2.64. The molecule has 3 heterocycles. The number of aryl methyl sites for hydroxylation is 2. The molecule has 7 heteroatoms. The highest BCUT2D eigenvalue weighted by atomic mass is 19.1. The number of piperazine rings is 1. The molecule has 0 N–H and O–H groups in total. The van der Waals surface area contributed by atoms with Crippen molar-refractivity contribution in [3.63, 3.8) is 0 Å². The minimum absolute atomic E-state index is 0.0474. The maximum absolute atomic E-state index is 13.7. The van der Waals surface area contributed by atoms with Crippen molar-refractivity contribution in [2.75, 3.05) is 38.1 Å². The van der Waals surface area contributed by atoms with Crippen LogP contribution < -0.4 is 4.90 Å². The first-order valence-corrected chi connectivity index (χ1v) is 9.42. The van der Waals surface area contributed by atoms with Gasteiger partial charge in [-0.05, 0) is 51.6 Å². The monoisotopic (exact) mass is 385 g/mol. The molecule has 1 aromatic carbocycles. The number of furan rings is 1. The average molecular weight is 385 g/mol. The van der Waals surface area contributed by atoms with Gasteiger partial charge in [0.25, 0.3) is 5.91 Å². The number of hydrogen-bond acceptors (Lipinski definition) is 4. The number of anilines is 1. The van der Waals surface area contributed by atoms with E-state index in [1.165, 1.54) is 12.1 Å². The summed E-state index contributed by atoms with van der Waals surface area (Å²) < 4.78 is 19.2. The van der Waals surface area contributed by atoms with Gasteiger partial charge in [-0.1, -0.05) is 6.07 Å². The number of rotatable bonds is 2. The number of likely N-dealkylation sites (N-methyl/N-ethyl adjacent to an activating group) is 1. The van der Waals surface area contributed by atoms with E-state index in [4.69, 9.17) is 4.42 Å². The van der Waals surface area contributed by atoms with Crippen LogP contribution in [0.5, 0.6) is 0 Å². The molecular weight excluding hydrogens is 361 g/mol. The van der Waals surface area contributed by atoms with Crippen LogP contribution in [0, 0.1) is 19.7 Å². The molecule has 148 valence electrons. The molecule has 6 nitrogen and oxygen atoms in total. The summed E-state index contributed by atoms with van der Waals surface area (Å²) in [6.45, 7) is 5.42. The number of carbonyl (C=O) groups excluding carboxylic acids is 2. The first-order chi connectivity index (χ1) is 13.3. The third-order valence-corrected chi connectivity index (χ3v) is 5.95. The fourth-order valence-electron chi connectivity index (χ4n) is 4.32. The second-order valence-corrected chi connectivity index (χ2v) is 7.84. The molecule has 1 atom stereocenters. The van der Waals surface area contributed by atoms with Crippen molar-refractivity contribution in [3.05, 3.63) is 53.2 Å². The molecule has 2 aliphatic heterocycles. The van der Waals surface area contributed by atoms with Crippen LogP contribution in [-0.2, 0) is 4.79 Å². The van der Waals surface area contributed by atoms with E-state index in [9.17, 15) is 14.0 Å². The van der Waals surface area contributed by atoms with Crippen molar-refractivity contribution < 1.29 is 18.4 Å². The summed E-state index contributed by atoms with van der Waals surface area (Å²) in [5.74, 6) is 0.857. The van der Waals surface area contributed by atoms with Crippen LogP contribution in [0.2, 0.25) is 0 Å². The summed E-state index contributed by atoms with van der Waals surface area (Å²) in [4.78, 5) is 31.1. The van der Waals surface area contributed by atoms with E-state index in [2.05, 4.69) is 0 Å². The van der Waals surface area contributed by atoms with Gasteiger partial charge in [0.05, 0.1) is 17.6 Å². The van der Waals surface area contributed by atoms with E-state index in [-0.39, 0.29) is 29.7 Å². The summed E-state index contributed by atoms with van der Waals surface area (Å²) in [7, 11) is 1.92. The Morgan fingerprint density at radius 2 is 2.00 bits per heavy atom. The van der Waals surface area contributed by atoms with Gasteiger partial charge in [0.1, 0.15) is 17.3 Å². The molecule has 0 bridgehead atoms. The summed E-state index contributed by atoms with van der Waals surface area (Å²) in [5, 5.41) is 0. The van der Waals surface area contributed by atoms with Crippen molar-refractivity contribution in [2.24, 2.45) is 0 Å². The zero-order valence-corrected chi connectivity index (χ0v) is 16.4. The van der Waals surface area contributed by atoms with Gasteiger partial charge in [-0.15, -0.1) is 0 Å². The van der Waals surface area contributed by atoms with Crippen LogP contribution in [0.15, 0.2) is 34.7 Å². The first kappa shape index (κ1) is 18.7. The Hall–Kier alpha value is -2.67. The molecule has 28 heavy (non-hydrogen) atoms. The molecule has 1 aromatic heterocycles. The smallest absolute Gasteiger partial charge is 0.257 e. The van der Waals surface area contributed by atoms with Crippen molar-refractivity contribution in [1.29, 1.82) is 0 Å². The third kappa shape index (κ3) is 3.09. The van der Waals surface area contributed by atoms with Gasteiger partial charge in [-0.2, -0.15) is 0 Å². The lowest BCUT2D eigenvalue weighted by atomic mass is 9.92. The predicted octanol–water partition coefficient (Wildman–Crippen LogP) is 2.60. The maximum Gasteiger partial charge on any atom is 0.257 e. The van der Waals surface area contributed by atoms with Crippen molar-refractivity contribution in [1.82, 2.24) is 9.80 Å². The molecule has 0 saturated carbocycles. The topological polar surface area (TPSA) is 57.0 Å². The third-order valence-electron chi connectivity index (χ3n) is 5.95. The van der Waals surface area contributed by atoms with E-state index in [1.54, 1.807) is 30.0 Å². The number of likely N-dealkylation sites (tertiary alicyclic amines) is 1. The molecule has 2 amide bonds. The van der Waals surface area contributed by atoms with Gasteiger partial charge in [-0.25, -0.2) is 4.39 Å². The molecule has 0 radical (unpaired) electrons. The number of amides is 2. The zero-order valence-electron chi connectivity index (χ0n) is 16.4. The van der Waals surface area contributed by atoms with Crippen LogP contribution in [-0.4, -0.2) is 60.4 Å². The van der Waals surface area contributed by atoms with Gasteiger partial charge in [0, 0.05) is 25.3 Å². The predicted molar refractivity (Wildman–Crippen MR) is 103 cm³/mol. The van der Waals surface area contributed by atoms with E-state index >= 15 is 0 Å². The van der Waals surface area contributed by atoms with Crippen molar-refractivity contribution in [3.8, 4) is 0 Å². The molecule has 0 aliphatic carbocycles. The van der Waals surface area contributed by atoms with E-state index in [1.807, 2.05) is 23.8 Å². The molecule has 1 spiro atoms. The Morgan fingerprint density at radius 3 is 2.68 bits per heavy atom. The molecule has 2 aromatic rings. The second-order valence-electron chi connectivity index (χ2n) is 7.84. The second kappa shape index (κ2) is 6.74. The van der Waals surface area contributed by atoms with Crippen LogP contribution in [0.25, 0.3) is 0 Å². The standard InChI is InChI=1S/C21H24FN3O3/c1-14-9-18(15(2)28-14)20(27)24-8-7-21(12-24)13-25(19(26)11-23(21)3)17-6-4-5-16(22)10-17/h4-6,9-10H,7-8,11-13H2,1-3H3. The molecule has 2 saturated heterocycles. The number of nitrogens with zero attached hydrogens (tertiary/aromatic N) is 3. The lowest BCUT2D eigenvalue weighted by Gasteiger charge is -2.46. The molecule has 2 aliphatic rings. The van der Waals surface area contributed by atoms with Gasteiger partial charge in [0.2, 0.25) is 5.91 Å². The largest absolute Gasteiger partial charge is 0.466 e. The lowest BCUT2D eigenvalue weighted by molar-refractivity contribution is -0.123. The molecule has 4 rings (SSSR count). The minimum Gasteiger partial charge on any atom is -0.466 e. The van der Waals surface area contributed by atoms with Crippen molar-refractivity contribution in [2.45, 2.75) is 25.8 Å². The highest BCUT2D eigenvalue weighted by molar-refractivity contribution is 5.97. The van der Waals surface area contributed by atoms with Crippen LogP contribution >= 0.6 is 0 Å². The number of hydrogen-bond donors (Lipinski definition) is 0. The SMILES string of the molecule is Cc1cc(C(=O)N2CCC3(C2)CN(c2cccc(F)c2)C(=O)CN3C)c(C)o1. The Balaban J connectivity index is 1.58. The highest BCUT2D eigenvalue weighted by Gasteiger charge is 2.49. The van der Waals surface area contributed by atoms with E-state index in [0.29, 0.717) is 42.4 Å². The fourth-order valence-corrected chi connectivity index (χ4v) is 4.32. The maximum atomic E-state index is 13.7. The summed E-state index contributed by atoms with van der Waals surface area (Å²) in [6.07, 6.45) is 0.754. The molecule has 2 fully saturated rings. The molecule has 1 unspecified atom stereocenters. The minimum atomic E-state index is -0.368. The van der Waals surface area contributed by atoms with E-state index in [0.717, 1.165) is 6.42 Å². The van der Waals surface area contributed by atoms with Gasteiger partial charge < -0.3 is 14.2 Å². The fraction of sp³-hybridized carbons (Fsp3) is 0.429. The van der Waals surface area contributed by atoms with Gasteiger partial charge >= 0.3 is 0 Å². The number of benzene rings is 1. The summed E-state index contributed by atoms with van der Waals surface area (Å²) in [5.41, 5.74) is 0.803.